The highest BCUT2D eigenvalue weighted by Crippen LogP contribution is 2.17. The lowest BCUT2D eigenvalue weighted by Crippen LogP contribution is -2.41. The van der Waals surface area contributed by atoms with Gasteiger partial charge in [0, 0.05) is 23.4 Å². The van der Waals surface area contributed by atoms with E-state index < -0.39 is 12.0 Å². The lowest BCUT2D eigenvalue weighted by atomic mass is 9.99. The van der Waals surface area contributed by atoms with Gasteiger partial charge in [-0.05, 0) is 23.6 Å². The van der Waals surface area contributed by atoms with Gasteiger partial charge >= 0.3 is 5.97 Å². The maximum atomic E-state index is 11.3. The van der Waals surface area contributed by atoms with Gasteiger partial charge in [-0.3, -0.25) is 10.1 Å². The first kappa shape index (κ1) is 17.9. The number of aliphatic carboxylic acids is 1. The average molecular weight is 353 g/mol. The predicted octanol–water partition coefficient (Wildman–Crippen LogP) is 3.98. The molecule has 0 unspecified atom stereocenters. The van der Waals surface area contributed by atoms with Crippen molar-refractivity contribution < 1.29 is 9.90 Å². The molecule has 0 saturated heterocycles. The van der Waals surface area contributed by atoms with E-state index in [9.17, 15) is 9.90 Å². The van der Waals surface area contributed by atoms with E-state index in [-0.39, 0.29) is 5.92 Å². The van der Waals surface area contributed by atoms with Crippen molar-refractivity contribution in [2.45, 2.75) is 39.3 Å². The average Bonchev–Trinajstić information content (AvgIpc) is 2.96. The van der Waals surface area contributed by atoms with Gasteiger partial charge in [-0.1, -0.05) is 44.0 Å². The second-order valence-corrected chi connectivity index (χ2v) is 7.00. The minimum absolute atomic E-state index is 0.0830. The maximum absolute atomic E-state index is 11.3. The normalized spacial score (nSPS) is 13.7. The predicted molar refractivity (Wildman–Crippen MR) is 94.1 cm³/mol. The van der Waals surface area contributed by atoms with E-state index in [1.807, 2.05) is 43.5 Å². The Morgan fingerprint density at radius 3 is 2.70 bits per heavy atom. The minimum atomic E-state index is -0.809. The van der Waals surface area contributed by atoms with Gasteiger partial charge in [0.05, 0.1) is 10.7 Å². The summed E-state index contributed by atoms with van der Waals surface area (Å²) in [5.74, 6) is -0.726. The Hall–Kier alpha value is -1.43. The summed E-state index contributed by atoms with van der Waals surface area (Å²) in [4.78, 5) is 15.9. The number of carboxylic acids is 1. The summed E-state index contributed by atoms with van der Waals surface area (Å²) in [6.07, 6.45) is 1.58. The first-order chi connectivity index (χ1) is 11.0. The monoisotopic (exact) mass is 352 g/mol. The van der Waals surface area contributed by atoms with Gasteiger partial charge in [0.15, 0.2) is 0 Å². The highest BCUT2D eigenvalue weighted by molar-refractivity contribution is 7.09. The Kier molecular flexibility index (Phi) is 6.57. The van der Waals surface area contributed by atoms with Crippen LogP contribution in [0.15, 0.2) is 29.6 Å². The molecular formula is C17H21ClN2O2S. The van der Waals surface area contributed by atoms with E-state index in [2.05, 4.69) is 10.3 Å². The molecule has 2 rings (SSSR count). The molecule has 0 aliphatic heterocycles. The highest BCUT2D eigenvalue weighted by Gasteiger charge is 2.22. The molecule has 1 aromatic heterocycles. The minimum Gasteiger partial charge on any atom is -0.480 e. The summed E-state index contributed by atoms with van der Waals surface area (Å²) in [6, 6.07) is 7.19. The van der Waals surface area contributed by atoms with Crippen molar-refractivity contribution in [3.63, 3.8) is 0 Å². The molecule has 2 N–H and O–H groups in total. The number of rotatable bonds is 8. The molecule has 124 valence electrons. The van der Waals surface area contributed by atoms with E-state index >= 15 is 0 Å². The quantitative estimate of drug-likeness (QED) is 0.754. The summed E-state index contributed by atoms with van der Waals surface area (Å²) >= 11 is 7.47. The van der Waals surface area contributed by atoms with Crippen LogP contribution in [-0.2, 0) is 17.8 Å². The number of carbonyl (C=O) groups is 1. The number of aromatic nitrogens is 1. The van der Waals surface area contributed by atoms with Crippen LogP contribution in [0.3, 0.4) is 0 Å². The van der Waals surface area contributed by atoms with Crippen LogP contribution < -0.4 is 5.32 Å². The molecule has 4 nitrogen and oxygen atoms in total. The van der Waals surface area contributed by atoms with Gasteiger partial charge in [0.1, 0.15) is 6.04 Å². The highest BCUT2D eigenvalue weighted by atomic mass is 35.5. The molecule has 0 aliphatic carbocycles. The van der Waals surface area contributed by atoms with Crippen molar-refractivity contribution in [1.29, 1.82) is 0 Å². The molecule has 6 heteroatoms. The van der Waals surface area contributed by atoms with Crippen molar-refractivity contribution in [2.75, 3.05) is 0 Å². The molecule has 0 saturated carbocycles. The fourth-order valence-electron chi connectivity index (χ4n) is 2.27. The van der Waals surface area contributed by atoms with E-state index in [4.69, 9.17) is 11.6 Å². The van der Waals surface area contributed by atoms with E-state index in [1.54, 1.807) is 11.3 Å². The second kappa shape index (κ2) is 8.43. The zero-order valence-electron chi connectivity index (χ0n) is 13.3. The molecule has 0 bridgehead atoms. The topological polar surface area (TPSA) is 62.2 Å². The molecule has 0 spiro atoms. The summed E-state index contributed by atoms with van der Waals surface area (Å²) in [6.45, 7) is 4.41. The number of carboxylic acid groups (broad SMARTS) is 1. The Morgan fingerprint density at radius 2 is 2.09 bits per heavy atom. The molecule has 23 heavy (non-hydrogen) atoms. The number of hydrogen-bond donors (Lipinski definition) is 2. The van der Waals surface area contributed by atoms with E-state index in [1.165, 1.54) is 0 Å². The molecule has 2 atom stereocenters. The Balaban J connectivity index is 1.94. The number of thiazole rings is 1. The Morgan fingerprint density at radius 1 is 1.39 bits per heavy atom. The number of benzene rings is 1. The number of nitrogens with zero attached hydrogens (tertiary/aromatic N) is 1. The van der Waals surface area contributed by atoms with E-state index in [0.717, 1.165) is 34.1 Å². The fourth-order valence-corrected chi connectivity index (χ4v) is 3.22. The van der Waals surface area contributed by atoms with Gasteiger partial charge in [-0.25, -0.2) is 4.98 Å². The van der Waals surface area contributed by atoms with Crippen LogP contribution in [-0.4, -0.2) is 22.1 Å². The first-order valence-corrected chi connectivity index (χ1v) is 8.89. The zero-order chi connectivity index (χ0) is 16.8. The van der Waals surface area contributed by atoms with Crippen LogP contribution in [0.1, 0.15) is 36.5 Å². The van der Waals surface area contributed by atoms with Gasteiger partial charge < -0.3 is 5.11 Å². The summed E-state index contributed by atoms with van der Waals surface area (Å²) in [5, 5.41) is 16.1. The van der Waals surface area contributed by atoms with Gasteiger partial charge in [-0.15, -0.1) is 11.3 Å². The van der Waals surface area contributed by atoms with Crippen LogP contribution in [0, 0.1) is 5.92 Å². The molecule has 0 amide bonds. The number of halogens is 1. The molecule has 1 heterocycles. The van der Waals surface area contributed by atoms with Crippen molar-refractivity contribution in [2.24, 2.45) is 5.92 Å². The Labute approximate surface area is 145 Å². The van der Waals surface area contributed by atoms with Gasteiger partial charge in [0.25, 0.3) is 0 Å². The third-order valence-electron chi connectivity index (χ3n) is 3.85. The number of hydrogen-bond acceptors (Lipinski definition) is 4. The lowest BCUT2D eigenvalue weighted by molar-refractivity contribution is -0.140. The van der Waals surface area contributed by atoms with E-state index in [0.29, 0.717) is 6.54 Å². The van der Waals surface area contributed by atoms with Crippen LogP contribution in [0.25, 0.3) is 0 Å². The maximum Gasteiger partial charge on any atom is 0.320 e. The lowest BCUT2D eigenvalue weighted by Gasteiger charge is -2.19. The van der Waals surface area contributed by atoms with Crippen molar-refractivity contribution in [3.05, 3.63) is 50.9 Å². The second-order valence-electron chi connectivity index (χ2n) is 5.62. The Bertz CT molecular complexity index is 642. The van der Waals surface area contributed by atoms with Crippen LogP contribution in [0.2, 0.25) is 5.02 Å². The van der Waals surface area contributed by atoms with Crippen LogP contribution in [0.5, 0.6) is 0 Å². The molecule has 2 aromatic rings. The summed E-state index contributed by atoms with van der Waals surface area (Å²) < 4.78 is 0. The molecule has 0 radical (unpaired) electrons. The van der Waals surface area contributed by atoms with Crippen molar-refractivity contribution in [3.8, 4) is 0 Å². The third-order valence-corrected chi connectivity index (χ3v) is 5.00. The SMILES string of the molecule is CC[C@H](C)[C@H](NCc1csc(Cc2ccc(Cl)cc2)n1)C(=O)O. The molecule has 0 aliphatic rings. The van der Waals surface area contributed by atoms with Crippen LogP contribution >= 0.6 is 22.9 Å². The van der Waals surface area contributed by atoms with Gasteiger partial charge in [-0.2, -0.15) is 0 Å². The number of nitrogens with one attached hydrogen (secondary N) is 1. The fraction of sp³-hybridized carbons (Fsp3) is 0.412. The smallest absolute Gasteiger partial charge is 0.320 e. The molecular weight excluding hydrogens is 332 g/mol. The van der Waals surface area contributed by atoms with Crippen molar-refractivity contribution in [1.82, 2.24) is 10.3 Å². The molecule has 0 fully saturated rings. The first-order valence-electron chi connectivity index (χ1n) is 7.63. The summed E-state index contributed by atoms with van der Waals surface area (Å²) in [5.41, 5.74) is 2.04. The third kappa shape index (κ3) is 5.30. The van der Waals surface area contributed by atoms with Gasteiger partial charge in [0.2, 0.25) is 0 Å². The molecule has 1 aromatic carbocycles. The van der Waals surface area contributed by atoms with Crippen LogP contribution in [0.4, 0.5) is 0 Å². The standard InChI is InChI=1S/C17H21ClN2O2S/c1-3-11(2)16(17(21)22)19-9-14-10-23-15(20-14)8-12-4-6-13(18)7-5-12/h4-7,10-11,16,19H,3,8-9H2,1-2H3,(H,21,22)/t11-,16-/m0/s1. The van der Waals surface area contributed by atoms with Crippen molar-refractivity contribution >= 4 is 28.9 Å². The largest absolute Gasteiger partial charge is 0.480 e. The zero-order valence-corrected chi connectivity index (χ0v) is 14.8. The summed E-state index contributed by atoms with van der Waals surface area (Å²) in [7, 11) is 0.